The minimum atomic E-state index is 0.645. The van der Waals surface area contributed by atoms with Crippen LogP contribution in [0.1, 0.15) is 24.5 Å². The summed E-state index contributed by atoms with van der Waals surface area (Å²) in [6.45, 7) is 0. The number of anilines is 2. The van der Waals surface area contributed by atoms with Crippen molar-refractivity contribution in [2.75, 3.05) is 5.32 Å². The Bertz CT molecular complexity index is 1270. The number of hydrogen-bond acceptors (Lipinski definition) is 4. The lowest BCUT2D eigenvalue weighted by Crippen LogP contribution is -1.96. The zero-order valence-electron chi connectivity index (χ0n) is 14.5. The Morgan fingerprint density at radius 3 is 2.96 bits per heavy atom. The number of pyridine rings is 1. The van der Waals surface area contributed by atoms with Gasteiger partial charge in [0, 0.05) is 47.2 Å². The number of nitrogens with zero attached hydrogens (tertiary/aromatic N) is 4. The van der Waals surface area contributed by atoms with E-state index in [4.69, 9.17) is 0 Å². The lowest BCUT2D eigenvalue weighted by Gasteiger charge is -2.09. The van der Waals surface area contributed by atoms with Crippen molar-refractivity contribution in [2.24, 2.45) is 0 Å². The molecule has 7 heteroatoms. The molecular weight excluding hydrogens is 338 g/mol. The molecule has 0 amide bonds. The number of aromatic nitrogens is 6. The molecule has 5 aromatic rings. The van der Waals surface area contributed by atoms with Crippen molar-refractivity contribution in [1.82, 2.24) is 29.8 Å². The van der Waals surface area contributed by atoms with Crippen LogP contribution in [0.2, 0.25) is 0 Å². The van der Waals surface area contributed by atoms with E-state index in [9.17, 15) is 0 Å². The van der Waals surface area contributed by atoms with E-state index < -0.39 is 0 Å². The van der Waals surface area contributed by atoms with Gasteiger partial charge in [-0.2, -0.15) is 10.2 Å². The molecule has 4 heterocycles. The quantitative estimate of drug-likeness (QED) is 0.450. The smallest absolute Gasteiger partial charge is 0.160 e. The van der Waals surface area contributed by atoms with Crippen LogP contribution in [0.5, 0.6) is 0 Å². The van der Waals surface area contributed by atoms with E-state index in [0.29, 0.717) is 5.92 Å². The summed E-state index contributed by atoms with van der Waals surface area (Å²) in [5.74, 6) is 1.47. The summed E-state index contributed by atoms with van der Waals surface area (Å²) in [4.78, 5) is 4.49. The Balaban J connectivity index is 1.44. The standard InChI is InChI=1S/C20H17N7/c1-2-12(1)17-9-19(26-25-17)23-18-8-15(11-27-6-5-21-20(18)27)13-3-4-14-10-22-24-16(14)7-13/h3-12H,1-2H2,(H,22,24)(H2,23,25,26). The summed E-state index contributed by atoms with van der Waals surface area (Å²) < 4.78 is 2.03. The van der Waals surface area contributed by atoms with Gasteiger partial charge in [0.1, 0.15) is 0 Å². The molecule has 7 nitrogen and oxygen atoms in total. The van der Waals surface area contributed by atoms with Crippen molar-refractivity contribution in [3.05, 3.63) is 60.8 Å². The second kappa shape index (κ2) is 5.44. The number of hydrogen-bond donors (Lipinski definition) is 3. The third kappa shape index (κ3) is 2.47. The third-order valence-electron chi connectivity index (χ3n) is 5.14. The fourth-order valence-corrected chi connectivity index (χ4v) is 3.54. The lowest BCUT2D eigenvalue weighted by atomic mass is 10.1. The molecule has 6 rings (SSSR count). The molecule has 1 aromatic carbocycles. The number of imidazole rings is 1. The van der Waals surface area contributed by atoms with E-state index in [2.05, 4.69) is 67.2 Å². The Labute approximate surface area is 154 Å². The first-order valence-corrected chi connectivity index (χ1v) is 9.06. The van der Waals surface area contributed by atoms with Crippen LogP contribution in [0.3, 0.4) is 0 Å². The first-order chi connectivity index (χ1) is 13.3. The summed E-state index contributed by atoms with van der Waals surface area (Å²) in [7, 11) is 0. The van der Waals surface area contributed by atoms with Crippen LogP contribution >= 0.6 is 0 Å². The van der Waals surface area contributed by atoms with Crippen LogP contribution in [0.4, 0.5) is 11.5 Å². The Kier molecular flexibility index (Phi) is 2.93. The molecule has 0 radical (unpaired) electrons. The van der Waals surface area contributed by atoms with E-state index in [1.165, 1.54) is 18.5 Å². The van der Waals surface area contributed by atoms with Gasteiger partial charge in [0.25, 0.3) is 0 Å². The van der Waals surface area contributed by atoms with Crippen LogP contribution in [0.25, 0.3) is 27.7 Å². The van der Waals surface area contributed by atoms with Crippen molar-refractivity contribution in [3.63, 3.8) is 0 Å². The van der Waals surface area contributed by atoms with Crippen LogP contribution in [-0.2, 0) is 0 Å². The molecule has 132 valence electrons. The fraction of sp³-hybridized carbons (Fsp3) is 0.150. The first-order valence-electron chi connectivity index (χ1n) is 9.06. The van der Waals surface area contributed by atoms with Crippen LogP contribution in [0, 0.1) is 0 Å². The number of H-pyrrole nitrogens is 2. The predicted molar refractivity (Wildman–Crippen MR) is 104 cm³/mol. The summed E-state index contributed by atoms with van der Waals surface area (Å²) in [5, 5.41) is 19.2. The van der Waals surface area contributed by atoms with Gasteiger partial charge in [-0.25, -0.2) is 4.98 Å². The number of rotatable bonds is 4. The molecule has 0 aliphatic heterocycles. The molecule has 0 saturated heterocycles. The number of nitrogens with one attached hydrogen (secondary N) is 3. The van der Waals surface area contributed by atoms with Gasteiger partial charge < -0.3 is 9.72 Å². The van der Waals surface area contributed by atoms with Gasteiger partial charge in [-0.15, -0.1) is 0 Å². The van der Waals surface area contributed by atoms with Gasteiger partial charge in [-0.3, -0.25) is 10.2 Å². The monoisotopic (exact) mass is 355 g/mol. The van der Waals surface area contributed by atoms with Crippen LogP contribution < -0.4 is 5.32 Å². The average Bonchev–Trinajstić information content (AvgIpc) is 3.10. The molecule has 3 N–H and O–H groups in total. The van der Waals surface area contributed by atoms with E-state index in [0.717, 1.165) is 39.2 Å². The van der Waals surface area contributed by atoms with Gasteiger partial charge in [-0.05, 0) is 30.5 Å². The maximum absolute atomic E-state index is 4.49. The SMILES string of the molecule is c1cn2cc(-c3ccc4cn[nH]c4c3)cc(Nc3cc(C4CC4)[nH]n3)c2n1. The summed E-state index contributed by atoms with van der Waals surface area (Å²) in [6, 6.07) is 10.5. The predicted octanol–water partition coefficient (Wildman–Crippen LogP) is 4.22. The van der Waals surface area contributed by atoms with Crippen molar-refractivity contribution in [2.45, 2.75) is 18.8 Å². The normalized spacial score (nSPS) is 14.2. The molecule has 0 bridgehead atoms. The number of aromatic amines is 2. The van der Waals surface area contributed by atoms with E-state index in [1.807, 2.05) is 23.0 Å². The molecular formula is C20H17N7. The summed E-state index contributed by atoms with van der Waals surface area (Å²) >= 11 is 0. The van der Waals surface area contributed by atoms with E-state index >= 15 is 0 Å². The minimum Gasteiger partial charge on any atom is -0.336 e. The lowest BCUT2D eigenvalue weighted by molar-refractivity contribution is 0.967. The molecule has 27 heavy (non-hydrogen) atoms. The molecule has 1 aliphatic carbocycles. The molecule has 0 atom stereocenters. The van der Waals surface area contributed by atoms with Gasteiger partial charge in [0.2, 0.25) is 0 Å². The van der Waals surface area contributed by atoms with Gasteiger partial charge in [-0.1, -0.05) is 12.1 Å². The zero-order chi connectivity index (χ0) is 17.8. The maximum atomic E-state index is 4.49. The fourth-order valence-electron chi connectivity index (χ4n) is 3.54. The Morgan fingerprint density at radius 1 is 1.07 bits per heavy atom. The molecule has 1 fully saturated rings. The molecule has 0 spiro atoms. The first kappa shape index (κ1) is 14.5. The van der Waals surface area contributed by atoms with Crippen molar-refractivity contribution in [3.8, 4) is 11.1 Å². The second-order valence-corrected chi connectivity index (χ2v) is 7.08. The Hall–Kier alpha value is -3.61. The van der Waals surface area contributed by atoms with Gasteiger partial charge in [0.05, 0.1) is 17.4 Å². The number of fused-ring (bicyclic) bond motifs is 2. The van der Waals surface area contributed by atoms with Crippen molar-refractivity contribution in [1.29, 1.82) is 0 Å². The van der Waals surface area contributed by atoms with Gasteiger partial charge in [0.15, 0.2) is 11.5 Å². The maximum Gasteiger partial charge on any atom is 0.160 e. The van der Waals surface area contributed by atoms with Gasteiger partial charge >= 0.3 is 0 Å². The van der Waals surface area contributed by atoms with Crippen LogP contribution in [0.15, 0.2) is 55.1 Å². The summed E-state index contributed by atoms with van der Waals surface area (Å²) in [6.07, 6.45) is 10.2. The molecule has 1 aliphatic rings. The molecule has 0 unspecified atom stereocenters. The molecule has 1 saturated carbocycles. The van der Waals surface area contributed by atoms with E-state index in [-0.39, 0.29) is 0 Å². The highest BCUT2D eigenvalue weighted by Crippen LogP contribution is 2.40. The highest BCUT2D eigenvalue weighted by molar-refractivity contribution is 5.86. The largest absolute Gasteiger partial charge is 0.336 e. The topological polar surface area (TPSA) is 86.7 Å². The second-order valence-electron chi connectivity index (χ2n) is 7.08. The number of benzene rings is 1. The highest BCUT2D eigenvalue weighted by Gasteiger charge is 2.25. The zero-order valence-corrected chi connectivity index (χ0v) is 14.5. The van der Waals surface area contributed by atoms with Crippen LogP contribution in [-0.4, -0.2) is 29.8 Å². The Morgan fingerprint density at radius 2 is 2.04 bits per heavy atom. The minimum absolute atomic E-state index is 0.645. The van der Waals surface area contributed by atoms with E-state index in [1.54, 1.807) is 0 Å². The highest BCUT2D eigenvalue weighted by atomic mass is 15.2. The summed E-state index contributed by atoms with van der Waals surface area (Å²) in [5.41, 5.74) is 6.24. The van der Waals surface area contributed by atoms with Crippen molar-refractivity contribution < 1.29 is 0 Å². The molecule has 4 aromatic heterocycles. The third-order valence-corrected chi connectivity index (χ3v) is 5.14. The van der Waals surface area contributed by atoms with Crippen molar-refractivity contribution >= 4 is 28.1 Å². The average molecular weight is 355 g/mol.